The van der Waals surface area contributed by atoms with Crippen molar-refractivity contribution in [2.24, 2.45) is 11.7 Å². The molecule has 5 N–H and O–H groups in total. The minimum absolute atomic E-state index is 0.00529. The van der Waals surface area contributed by atoms with Crippen molar-refractivity contribution in [3.63, 3.8) is 0 Å². The number of phenols is 2. The van der Waals surface area contributed by atoms with Crippen molar-refractivity contribution < 1.29 is 10.2 Å². The summed E-state index contributed by atoms with van der Waals surface area (Å²) in [5.41, 5.74) is 7.12. The van der Waals surface area contributed by atoms with E-state index in [1.54, 1.807) is 6.07 Å². The molecule has 0 bridgehead atoms. The smallest absolute Gasteiger partial charge is 0.169 e. The van der Waals surface area contributed by atoms with Gasteiger partial charge in [0.1, 0.15) is 22.9 Å². The van der Waals surface area contributed by atoms with E-state index in [1.165, 1.54) is 12.1 Å². The van der Waals surface area contributed by atoms with Gasteiger partial charge in [-0.1, -0.05) is 32.0 Å². The molecule has 26 heavy (non-hydrogen) atoms. The molecule has 3 rings (SSSR count). The van der Waals surface area contributed by atoms with Crippen LogP contribution in [0.15, 0.2) is 42.5 Å². The summed E-state index contributed by atoms with van der Waals surface area (Å²) in [7, 11) is 0. The maximum Gasteiger partial charge on any atom is 0.169 e. The van der Waals surface area contributed by atoms with Crippen molar-refractivity contribution in [2.75, 3.05) is 11.9 Å². The van der Waals surface area contributed by atoms with Crippen LogP contribution < -0.4 is 11.1 Å². The van der Waals surface area contributed by atoms with Crippen LogP contribution in [-0.2, 0) is 0 Å². The number of para-hydroxylation sites is 1. The molecule has 1 atom stereocenters. The van der Waals surface area contributed by atoms with Crippen molar-refractivity contribution in [2.45, 2.75) is 26.3 Å². The van der Waals surface area contributed by atoms with Gasteiger partial charge in [-0.05, 0) is 36.6 Å². The van der Waals surface area contributed by atoms with Crippen molar-refractivity contribution in [1.29, 1.82) is 0 Å². The van der Waals surface area contributed by atoms with Gasteiger partial charge in [0.25, 0.3) is 0 Å². The zero-order chi connectivity index (χ0) is 18.7. The minimum Gasteiger partial charge on any atom is -0.507 e. The fourth-order valence-electron chi connectivity index (χ4n) is 3.00. The van der Waals surface area contributed by atoms with Crippen LogP contribution in [0.25, 0.3) is 22.3 Å². The van der Waals surface area contributed by atoms with E-state index in [1.807, 2.05) is 24.3 Å². The summed E-state index contributed by atoms with van der Waals surface area (Å²) in [5, 5.41) is 24.5. The van der Waals surface area contributed by atoms with E-state index in [0.29, 0.717) is 18.3 Å². The number of phenolic OH excluding ortho intramolecular Hbond substituents is 2. The van der Waals surface area contributed by atoms with Crippen LogP contribution in [0.4, 0.5) is 5.82 Å². The molecule has 0 unspecified atom stereocenters. The maximum absolute atomic E-state index is 10.1. The molecule has 0 aliphatic rings. The number of fused-ring (bicyclic) bond motifs is 1. The van der Waals surface area contributed by atoms with Gasteiger partial charge >= 0.3 is 0 Å². The summed E-state index contributed by atoms with van der Waals surface area (Å²) in [5.74, 6) is 1.28. The van der Waals surface area contributed by atoms with Crippen LogP contribution in [0.2, 0.25) is 0 Å². The summed E-state index contributed by atoms with van der Waals surface area (Å²) < 4.78 is 0. The normalized spacial score (nSPS) is 12.5. The molecule has 0 fully saturated rings. The zero-order valence-corrected chi connectivity index (χ0v) is 15.0. The molecule has 0 saturated heterocycles. The molecule has 0 radical (unpaired) electrons. The van der Waals surface area contributed by atoms with Crippen molar-refractivity contribution in [1.82, 2.24) is 9.97 Å². The Morgan fingerprint density at radius 2 is 1.69 bits per heavy atom. The summed E-state index contributed by atoms with van der Waals surface area (Å²) in [6.45, 7) is 4.85. The van der Waals surface area contributed by atoms with Crippen LogP contribution in [0, 0.1) is 5.92 Å². The summed E-state index contributed by atoms with van der Waals surface area (Å²) in [4.78, 5) is 9.05. The third-order valence-corrected chi connectivity index (χ3v) is 4.15. The number of nitrogens with one attached hydrogen (secondary N) is 1. The Hall–Kier alpha value is -2.86. The van der Waals surface area contributed by atoms with Gasteiger partial charge in [-0.2, -0.15) is 0 Å². The number of rotatable bonds is 6. The Labute approximate surface area is 152 Å². The Morgan fingerprint density at radius 1 is 1.00 bits per heavy atom. The second-order valence-electron chi connectivity index (χ2n) is 6.85. The van der Waals surface area contributed by atoms with Crippen molar-refractivity contribution >= 4 is 16.7 Å². The van der Waals surface area contributed by atoms with Gasteiger partial charge < -0.3 is 21.3 Å². The molecule has 136 valence electrons. The maximum atomic E-state index is 10.1. The average Bonchev–Trinajstić information content (AvgIpc) is 2.59. The van der Waals surface area contributed by atoms with E-state index >= 15 is 0 Å². The molecule has 2 aromatic carbocycles. The van der Waals surface area contributed by atoms with Crippen molar-refractivity contribution in [3.05, 3.63) is 42.5 Å². The molecule has 3 aromatic rings. The monoisotopic (exact) mass is 352 g/mol. The standard InChI is InChI=1S/C20H24N4O2/c1-12(2)10-13(21)11-22-19-14-6-3-4-7-15(14)23-20(24-19)18-16(25)8-5-9-17(18)26/h3-9,12-13,25-26H,10-11,21H2,1-2H3,(H,22,23,24)/t13-/m0/s1. The lowest BCUT2D eigenvalue weighted by Crippen LogP contribution is -2.30. The van der Waals surface area contributed by atoms with E-state index in [0.717, 1.165) is 17.3 Å². The van der Waals surface area contributed by atoms with E-state index in [-0.39, 0.29) is 28.9 Å². The Kier molecular flexibility index (Phi) is 5.23. The van der Waals surface area contributed by atoms with Gasteiger partial charge in [0.15, 0.2) is 5.82 Å². The number of aromatic nitrogens is 2. The second-order valence-corrected chi connectivity index (χ2v) is 6.85. The predicted octanol–water partition coefficient (Wildman–Crippen LogP) is 3.49. The zero-order valence-electron chi connectivity index (χ0n) is 15.0. The molecule has 0 amide bonds. The molecule has 6 nitrogen and oxygen atoms in total. The highest BCUT2D eigenvalue weighted by Crippen LogP contribution is 2.36. The Morgan fingerprint density at radius 3 is 2.38 bits per heavy atom. The minimum atomic E-state index is -0.0669. The van der Waals surface area contributed by atoms with Gasteiger partial charge in [-0.15, -0.1) is 0 Å². The van der Waals surface area contributed by atoms with E-state index in [4.69, 9.17) is 5.73 Å². The van der Waals surface area contributed by atoms with E-state index in [2.05, 4.69) is 29.1 Å². The van der Waals surface area contributed by atoms with Gasteiger partial charge in [0, 0.05) is 18.0 Å². The van der Waals surface area contributed by atoms with Crippen LogP contribution in [0.5, 0.6) is 11.5 Å². The van der Waals surface area contributed by atoms with Crippen LogP contribution in [-0.4, -0.2) is 32.8 Å². The average molecular weight is 352 g/mol. The first-order valence-corrected chi connectivity index (χ1v) is 8.73. The van der Waals surface area contributed by atoms with Gasteiger partial charge in [-0.3, -0.25) is 0 Å². The topological polar surface area (TPSA) is 104 Å². The number of nitrogens with zero attached hydrogens (tertiary/aromatic N) is 2. The quantitative estimate of drug-likeness (QED) is 0.541. The number of nitrogens with two attached hydrogens (primary N) is 1. The number of benzene rings is 2. The summed E-state index contributed by atoms with van der Waals surface area (Å²) in [6, 6.07) is 12.2. The third-order valence-electron chi connectivity index (χ3n) is 4.15. The Balaban J connectivity index is 2.02. The van der Waals surface area contributed by atoms with Gasteiger partial charge in [0.05, 0.1) is 5.52 Å². The molecular formula is C20H24N4O2. The highest BCUT2D eigenvalue weighted by Gasteiger charge is 2.16. The number of aromatic hydroxyl groups is 2. The largest absolute Gasteiger partial charge is 0.507 e. The lowest BCUT2D eigenvalue weighted by atomic mass is 10.0. The van der Waals surface area contributed by atoms with Crippen LogP contribution >= 0.6 is 0 Å². The van der Waals surface area contributed by atoms with E-state index < -0.39 is 0 Å². The molecule has 6 heteroatoms. The summed E-state index contributed by atoms with van der Waals surface area (Å²) in [6.07, 6.45) is 0.906. The first-order chi connectivity index (χ1) is 12.5. The van der Waals surface area contributed by atoms with Crippen molar-refractivity contribution in [3.8, 4) is 22.9 Å². The fraction of sp³-hybridized carbons (Fsp3) is 0.300. The highest BCUT2D eigenvalue weighted by atomic mass is 16.3. The van der Waals surface area contributed by atoms with Crippen LogP contribution in [0.3, 0.4) is 0 Å². The molecule has 0 spiro atoms. The molecule has 0 aliphatic heterocycles. The first kappa shape index (κ1) is 17.9. The summed E-state index contributed by atoms with van der Waals surface area (Å²) >= 11 is 0. The van der Waals surface area contributed by atoms with Crippen LogP contribution in [0.1, 0.15) is 20.3 Å². The van der Waals surface area contributed by atoms with Gasteiger partial charge in [0.2, 0.25) is 0 Å². The third kappa shape index (κ3) is 3.86. The lowest BCUT2D eigenvalue weighted by molar-refractivity contribution is 0.453. The number of hydrogen-bond acceptors (Lipinski definition) is 6. The molecule has 1 aromatic heterocycles. The van der Waals surface area contributed by atoms with E-state index in [9.17, 15) is 10.2 Å². The molecule has 1 heterocycles. The molecule has 0 saturated carbocycles. The first-order valence-electron chi connectivity index (χ1n) is 8.73. The Bertz CT molecular complexity index is 891. The fourth-order valence-corrected chi connectivity index (χ4v) is 3.00. The predicted molar refractivity (Wildman–Crippen MR) is 104 cm³/mol. The number of hydrogen-bond donors (Lipinski definition) is 4. The highest BCUT2D eigenvalue weighted by molar-refractivity contribution is 5.91. The lowest BCUT2D eigenvalue weighted by Gasteiger charge is -2.17. The SMILES string of the molecule is CC(C)C[C@H](N)CNc1nc(-c2c(O)cccc2O)nc2ccccc12. The molecular weight excluding hydrogens is 328 g/mol. The number of anilines is 1. The van der Waals surface area contributed by atoms with Gasteiger partial charge in [-0.25, -0.2) is 9.97 Å². The molecule has 0 aliphatic carbocycles. The second kappa shape index (κ2) is 7.58.